The first-order valence-corrected chi connectivity index (χ1v) is 7.87. The van der Waals surface area contributed by atoms with Crippen LogP contribution in [0.5, 0.6) is 0 Å². The van der Waals surface area contributed by atoms with Gasteiger partial charge in [0.1, 0.15) is 6.04 Å². The molecule has 0 amide bonds. The molecule has 1 N–H and O–H groups in total. The zero-order valence-corrected chi connectivity index (χ0v) is 12.6. The fourth-order valence-electron chi connectivity index (χ4n) is 2.21. The molecule has 1 aromatic carbocycles. The van der Waals surface area contributed by atoms with Gasteiger partial charge in [0.2, 0.25) is 11.8 Å². The molecule has 0 bridgehead atoms. The quantitative estimate of drug-likeness (QED) is 0.757. The van der Waals surface area contributed by atoms with Gasteiger partial charge in [-0.15, -0.1) is 21.5 Å². The largest absolute Gasteiger partial charge is 0.423 e. The van der Waals surface area contributed by atoms with Gasteiger partial charge in [0.15, 0.2) is 0 Å². The topological polar surface area (TPSA) is 51.0 Å². The lowest BCUT2D eigenvalue weighted by Gasteiger charge is -2.13. The first-order chi connectivity index (χ1) is 10.4. The van der Waals surface area contributed by atoms with Gasteiger partial charge in [0, 0.05) is 4.88 Å². The van der Waals surface area contributed by atoms with Gasteiger partial charge in [-0.2, -0.15) is 0 Å². The Morgan fingerprint density at radius 2 is 2.00 bits per heavy atom. The van der Waals surface area contributed by atoms with Crippen molar-refractivity contribution in [3.8, 4) is 0 Å². The second-order valence-corrected chi connectivity index (χ2v) is 5.72. The van der Waals surface area contributed by atoms with Gasteiger partial charge in [-0.1, -0.05) is 43.3 Å². The molecule has 1 atom stereocenters. The maximum atomic E-state index is 5.85. The molecule has 0 saturated heterocycles. The van der Waals surface area contributed by atoms with Crippen LogP contribution in [0.2, 0.25) is 0 Å². The molecule has 0 aliphatic rings. The molecule has 5 heteroatoms. The van der Waals surface area contributed by atoms with E-state index in [2.05, 4.69) is 46.0 Å². The lowest BCUT2D eigenvalue weighted by Crippen LogP contribution is -2.22. The van der Waals surface area contributed by atoms with Gasteiger partial charge in [-0.25, -0.2) is 0 Å². The monoisotopic (exact) mass is 299 g/mol. The number of nitrogens with zero attached hydrogens (tertiary/aromatic N) is 2. The first kappa shape index (κ1) is 14.0. The maximum absolute atomic E-state index is 5.85. The molecule has 0 radical (unpaired) electrons. The van der Waals surface area contributed by atoms with E-state index in [0.29, 0.717) is 18.2 Å². The highest BCUT2D eigenvalue weighted by Crippen LogP contribution is 2.22. The second kappa shape index (κ2) is 6.65. The number of aromatic nitrogens is 2. The fraction of sp³-hybridized carbons (Fsp3) is 0.250. The normalized spacial score (nSPS) is 12.4. The zero-order valence-electron chi connectivity index (χ0n) is 11.8. The predicted octanol–water partition coefficient (Wildman–Crippen LogP) is 3.42. The standard InChI is InChI=1S/C16H17N3OS/c1-2-17-15(12-7-4-3-5-8-12)16-19-18-14(20-16)11-13-9-6-10-21-13/h3-10,15,17H,2,11H2,1H3. The molecule has 2 aromatic heterocycles. The van der Waals surface area contributed by atoms with Gasteiger partial charge in [0.25, 0.3) is 0 Å². The number of thiophene rings is 1. The van der Waals surface area contributed by atoms with Gasteiger partial charge in [-0.3, -0.25) is 0 Å². The van der Waals surface area contributed by atoms with Crippen LogP contribution in [0.4, 0.5) is 0 Å². The third-order valence-corrected chi connectivity index (χ3v) is 4.05. The molecule has 108 valence electrons. The molecule has 3 aromatic rings. The number of nitrogens with one attached hydrogen (secondary N) is 1. The van der Waals surface area contributed by atoms with Crippen LogP contribution in [0.15, 0.2) is 52.3 Å². The van der Waals surface area contributed by atoms with E-state index < -0.39 is 0 Å². The summed E-state index contributed by atoms with van der Waals surface area (Å²) in [5, 5.41) is 13.8. The summed E-state index contributed by atoms with van der Waals surface area (Å²) in [5.74, 6) is 1.28. The van der Waals surface area contributed by atoms with Gasteiger partial charge >= 0.3 is 0 Å². The predicted molar refractivity (Wildman–Crippen MR) is 83.4 cm³/mol. The Hall–Kier alpha value is -1.98. The Labute approximate surface area is 127 Å². The first-order valence-electron chi connectivity index (χ1n) is 7.00. The summed E-state index contributed by atoms with van der Waals surface area (Å²) in [4.78, 5) is 1.23. The van der Waals surface area contributed by atoms with Crippen molar-refractivity contribution in [2.24, 2.45) is 0 Å². The Balaban J connectivity index is 1.82. The summed E-state index contributed by atoms with van der Waals surface area (Å²) < 4.78 is 5.85. The van der Waals surface area contributed by atoms with Crippen molar-refractivity contribution in [2.75, 3.05) is 6.54 Å². The zero-order chi connectivity index (χ0) is 14.5. The molecule has 3 rings (SSSR count). The third-order valence-electron chi connectivity index (χ3n) is 3.18. The van der Waals surface area contributed by atoms with Crippen molar-refractivity contribution in [2.45, 2.75) is 19.4 Å². The molecule has 0 aliphatic heterocycles. The van der Waals surface area contributed by atoms with Crippen LogP contribution in [0.1, 0.15) is 35.2 Å². The van der Waals surface area contributed by atoms with E-state index in [1.54, 1.807) is 11.3 Å². The number of hydrogen-bond acceptors (Lipinski definition) is 5. The average Bonchev–Trinajstić information content (AvgIpc) is 3.18. The van der Waals surface area contributed by atoms with E-state index >= 15 is 0 Å². The van der Waals surface area contributed by atoms with Crippen LogP contribution in [0, 0.1) is 0 Å². The lowest BCUT2D eigenvalue weighted by molar-refractivity contribution is 0.414. The summed E-state index contributed by atoms with van der Waals surface area (Å²) in [6, 6.07) is 14.2. The highest BCUT2D eigenvalue weighted by atomic mass is 32.1. The summed E-state index contributed by atoms with van der Waals surface area (Å²) in [5.41, 5.74) is 1.13. The van der Waals surface area contributed by atoms with Gasteiger partial charge in [0.05, 0.1) is 6.42 Å². The minimum absolute atomic E-state index is 0.0548. The lowest BCUT2D eigenvalue weighted by atomic mass is 10.1. The summed E-state index contributed by atoms with van der Waals surface area (Å²) >= 11 is 1.70. The molecule has 0 saturated carbocycles. The molecule has 0 fully saturated rings. The van der Waals surface area contributed by atoms with Crippen molar-refractivity contribution in [1.29, 1.82) is 0 Å². The molecular formula is C16H17N3OS. The molecule has 21 heavy (non-hydrogen) atoms. The molecule has 4 nitrogen and oxygen atoms in total. The van der Waals surface area contributed by atoms with Crippen LogP contribution in [0.3, 0.4) is 0 Å². The fourth-order valence-corrected chi connectivity index (χ4v) is 2.91. The Kier molecular flexibility index (Phi) is 4.43. The van der Waals surface area contributed by atoms with Crippen molar-refractivity contribution in [3.05, 3.63) is 70.1 Å². The second-order valence-electron chi connectivity index (χ2n) is 4.69. The third kappa shape index (κ3) is 3.37. The Bertz CT molecular complexity index is 664. The van der Waals surface area contributed by atoms with Crippen molar-refractivity contribution >= 4 is 11.3 Å². The van der Waals surface area contributed by atoms with E-state index in [9.17, 15) is 0 Å². The SMILES string of the molecule is CCNC(c1ccccc1)c1nnc(Cc2cccs2)o1. The van der Waals surface area contributed by atoms with Gasteiger partial charge < -0.3 is 9.73 Å². The molecule has 0 aliphatic carbocycles. The number of benzene rings is 1. The summed E-state index contributed by atoms with van der Waals surface area (Å²) in [6.07, 6.45) is 0.693. The highest BCUT2D eigenvalue weighted by Gasteiger charge is 2.19. The van der Waals surface area contributed by atoms with Crippen LogP contribution in [-0.2, 0) is 6.42 Å². The summed E-state index contributed by atoms with van der Waals surface area (Å²) in [6.45, 7) is 2.90. The van der Waals surface area contributed by atoms with Crippen LogP contribution in [0.25, 0.3) is 0 Å². The summed E-state index contributed by atoms with van der Waals surface area (Å²) in [7, 11) is 0. The molecule has 1 unspecified atom stereocenters. The van der Waals surface area contributed by atoms with Crippen molar-refractivity contribution in [1.82, 2.24) is 15.5 Å². The minimum Gasteiger partial charge on any atom is -0.423 e. The van der Waals surface area contributed by atoms with Gasteiger partial charge in [-0.05, 0) is 23.6 Å². The molecule has 2 heterocycles. The van der Waals surface area contributed by atoms with Crippen LogP contribution < -0.4 is 5.32 Å². The molecular weight excluding hydrogens is 282 g/mol. The van der Waals surface area contributed by atoms with Crippen LogP contribution in [-0.4, -0.2) is 16.7 Å². The average molecular weight is 299 g/mol. The number of rotatable bonds is 6. The minimum atomic E-state index is -0.0548. The van der Waals surface area contributed by atoms with Crippen LogP contribution >= 0.6 is 11.3 Å². The smallest absolute Gasteiger partial charge is 0.237 e. The maximum Gasteiger partial charge on any atom is 0.237 e. The number of hydrogen-bond donors (Lipinski definition) is 1. The van der Waals surface area contributed by atoms with E-state index in [4.69, 9.17) is 4.42 Å². The van der Waals surface area contributed by atoms with E-state index in [-0.39, 0.29) is 6.04 Å². The Morgan fingerprint density at radius 3 is 2.71 bits per heavy atom. The van der Waals surface area contributed by atoms with E-state index in [1.807, 2.05) is 24.3 Å². The van der Waals surface area contributed by atoms with E-state index in [1.165, 1.54) is 4.88 Å². The highest BCUT2D eigenvalue weighted by molar-refractivity contribution is 7.09. The van der Waals surface area contributed by atoms with E-state index in [0.717, 1.165) is 12.1 Å². The van der Waals surface area contributed by atoms with Crippen molar-refractivity contribution < 1.29 is 4.42 Å². The Morgan fingerprint density at radius 1 is 1.14 bits per heavy atom. The van der Waals surface area contributed by atoms with Crippen molar-refractivity contribution in [3.63, 3.8) is 0 Å². The molecule has 0 spiro atoms.